The maximum atomic E-state index is 12.1. The highest BCUT2D eigenvalue weighted by atomic mass is 79.9. The number of carbonyl (C=O) groups excluding carboxylic acids is 1. The van der Waals surface area contributed by atoms with Crippen molar-refractivity contribution in [2.75, 3.05) is 0 Å². The number of hydrogen-bond acceptors (Lipinski definition) is 1. The summed E-state index contributed by atoms with van der Waals surface area (Å²) in [5.41, 5.74) is 0. The lowest BCUT2D eigenvalue weighted by Crippen LogP contribution is -2.55. The SMILES string of the molecule is O=C1C2C3C4C=CC(C4)C3CC2C1(Br)Br. The van der Waals surface area contributed by atoms with E-state index in [0.29, 0.717) is 23.5 Å². The number of hydrogen-bond donors (Lipinski definition) is 0. The van der Waals surface area contributed by atoms with E-state index in [1.165, 1.54) is 12.8 Å². The molecule has 0 radical (unpaired) electrons. The van der Waals surface area contributed by atoms with E-state index in [1.54, 1.807) is 0 Å². The van der Waals surface area contributed by atoms with Crippen LogP contribution < -0.4 is 0 Å². The summed E-state index contributed by atoms with van der Waals surface area (Å²) in [6.45, 7) is 0. The summed E-state index contributed by atoms with van der Waals surface area (Å²) in [5.74, 6) is 4.29. The third-order valence-corrected chi connectivity index (χ3v) is 7.12. The molecule has 0 heterocycles. The van der Waals surface area contributed by atoms with Crippen LogP contribution >= 0.6 is 31.9 Å². The zero-order chi connectivity index (χ0) is 10.4. The van der Waals surface area contributed by atoms with Crippen molar-refractivity contribution in [2.45, 2.75) is 16.1 Å². The average molecular weight is 332 g/mol. The summed E-state index contributed by atoms with van der Waals surface area (Å²) in [4.78, 5) is 12.1. The van der Waals surface area contributed by atoms with E-state index >= 15 is 0 Å². The summed E-state index contributed by atoms with van der Waals surface area (Å²) in [6.07, 6.45) is 7.32. The van der Waals surface area contributed by atoms with Crippen LogP contribution in [0.2, 0.25) is 0 Å². The Labute approximate surface area is 106 Å². The molecule has 15 heavy (non-hydrogen) atoms. The van der Waals surface area contributed by atoms with Gasteiger partial charge in [-0.3, -0.25) is 4.79 Å². The third kappa shape index (κ3) is 0.902. The van der Waals surface area contributed by atoms with Crippen molar-refractivity contribution in [2.24, 2.45) is 35.5 Å². The van der Waals surface area contributed by atoms with E-state index in [9.17, 15) is 4.79 Å². The molecule has 2 bridgehead atoms. The quantitative estimate of drug-likeness (QED) is 0.492. The van der Waals surface area contributed by atoms with Crippen LogP contribution in [0.15, 0.2) is 12.2 Å². The van der Waals surface area contributed by atoms with Crippen molar-refractivity contribution in [1.82, 2.24) is 0 Å². The van der Waals surface area contributed by atoms with Crippen LogP contribution in [0.5, 0.6) is 0 Å². The van der Waals surface area contributed by atoms with Crippen molar-refractivity contribution in [1.29, 1.82) is 0 Å². The second kappa shape index (κ2) is 2.61. The molecular formula is C12H12Br2O. The van der Waals surface area contributed by atoms with Gasteiger partial charge in [-0.05, 0) is 36.5 Å². The largest absolute Gasteiger partial charge is 0.297 e. The fraction of sp³-hybridized carbons (Fsp3) is 0.750. The van der Waals surface area contributed by atoms with Crippen molar-refractivity contribution in [3.63, 3.8) is 0 Å². The minimum atomic E-state index is -0.367. The highest BCUT2D eigenvalue weighted by molar-refractivity contribution is 9.26. The molecule has 4 rings (SSSR count). The number of ketones is 1. The van der Waals surface area contributed by atoms with Gasteiger partial charge in [0.25, 0.3) is 0 Å². The molecule has 0 N–H and O–H groups in total. The molecule has 0 spiro atoms. The Kier molecular flexibility index (Phi) is 1.64. The Morgan fingerprint density at radius 1 is 1.20 bits per heavy atom. The monoisotopic (exact) mass is 330 g/mol. The molecule has 3 saturated carbocycles. The predicted molar refractivity (Wildman–Crippen MR) is 64.9 cm³/mol. The molecule has 3 heteroatoms. The van der Waals surface area contributed by atoms with Gasteiger partial charge in [0, 0.05) is 11.8 Å². The van der Waals surface area contributed by atoms with Gasteiger partial charge in [-0.1, -0.05) is 44.0 Å². The van der Waals surface area contributed by atoms with Gasteiger partial charge in [-0.25, -0.2) is 0 Å². The molecule has 0 saturated heterocycles. The Morgan fingerprint density at radius 3 is 2.73 bits per heavy atom. The number of fused-ring (bicyclic) bond motifs is 7. The van der Waals surface area contributed by atoms with E-state index in [0.717, 1.165) is 17.8 Å². The van der Waals surface area contributed by atoms with E-state index in [2.05, 4.69) is 44.0 Å². The molecule has 0 aromatic carbocycles. The highest BCUT2D eigenvalue weighted by Gasteiger charge is 2.70. The van der Waals surface area contributed by atoms with E-state index in [-0.39, 0.29) is 3.23 Å². The summed E-state index contributed by atoms with van der Waals surface area (Å²) >= 11 is 7.10. The van der Waals surface area contributed by atoms with E-state index in [1.807, 2.05) is 0 Å². The van der Waals surface area contributed by atoms with Crippen molar-refractivity contribution in [3.8, 4) is 0 Å². The number of alkyl halides is 2. The van der Waals surface area contributed by atoms with Crippen LogP contribution in [0.25, 0.3) is 0 Å². The smallest absolute Gasteiger partial charge is 0.164 e. The van der Waals surface area contributed by atoms with Crippen LogP contribution in [-0.4, -0.2) is 9.02 Å². The van der Waals surface area contributed by atoms with Gasteiger partial charge in [0.2, 0.25) is 0 Å². The highest BCUT2D eigenvalue weighted by Crippen LogP contribution is 2.69. The van der Waals surface area contributed by atoms with Gasteiger partial charge in [-0.2, -0.15) is 0 Å². The standard InChI is InChI=1S/C12H12Br2O/c13-12(14)8-4-7-5-1-2-6(3-5)9(7)10(8)11(12)15/h1-2,5-10H,3-4H2. The number of rotatable bonds is 0. The van der Waals surface area contributed by atoms with Gasteiger partial charge >= 0.3 is 0 Å². The average Bonchev–Trinajstić information content (AvgIpc) is 2.87. The molecule has 0 amide bonds. The van der Waals surface area contributed by atoms with E-state index in [4.69, 9.17) is 0 Å². The molecule has 80 valence electrons. The zero-order valence-corrected chi connectivity index (χ0v) is 11.4. The molecule has 0 aliphatic heterocycles. The molecule has 6 atom stereocenters. The molecular weight excluding hydrogens is 320 g/mol. The van der Waals surface area contributed by atoms with Crippen LogP contribution in [-0.2, 0) is 4.79 Å². The Bertz CT molecular complexity index is 387. The van der Waals surface area contributed by atoms with Crippen molar-refractivity contribution >= 4 is 37.6 Å². The first kappa shape index (κ1) is 9.41. The molecule has 4 aliphatic rings. The van der Waals surface area contributed by atoms with Gasteiger partial charge in [0.15, 0.2) is 5.78 Å². The van der Waals surface area contributed by atoms with Crippen molar-refractivity contribution in [3.05, 3.63) is 12.2 Å². The van der Waals surface area contributed by atoms with Crippen LogP contribution in [0.1, 0.15) is 12.8 Å². The fourth-order valence-electron chi connectivity index (χ4n) is 4.58. The van der Waals surface area contributed by atoms with E-state index < -0.39 is 0 Å². The Balaban J connectivity index is 1.74. The summed E-state index contributed by atoms with van der Waals surface area (Å²) in [6, 6.07) is 0. The summed E-state index contributed by atoms with van der Waals surface area (Å²) in [7, 11) is 0. The minimum Gasteiger partial charge on any atom is -0.297 e. The molecule has 6 unspecified atom stereocenters. The van der Waals surface area contributed by atoms with Gasteiger partial charge < -0.3 is 0 Å². The number of allylic oxidation sites excluding steroid dienone is 2. The topological polar surface area (TPSA) is 17.1 Å². The molecule has 0 aromatic heterocycles. The lowest BCUT2D eigenvalue weighted by molar-refractivity contribution is -0.134. The normalized spacial score (nSPS) is 57.9. The molecule has 4 aliphatic carbocycles. The van der Waals surface area contributed by atoms with Gasteiger partial charge in [-0.15, -0.1) is 0 Å². The first-order valence-electron chi connectivity index (χ1n) is 5.71. The zero-order valence-electron chi connectivity index (χ0n) is 8.20. The maximum Gasteiger partial charge on any atom is 0.164 e. The Hall–Kier alpha value is 0.370. The Morgan fingerprint density at radius 2 is 1.93 bits per heavy atom. The van der Waals surface area contributed by atoms with Crippen LogP contribution in [0.3, 0.4) is 0 Å². The maximum absolute atomic E-state index is 12.1. The fourth-order valence-corrected chi connectivity index (χ4v) is 6.05. The summed E-state index contributed by atoms with van der Waals surface area (Å²) < 4.78 is -0.367. The van der Waals surface area contributed by atoms with Crippen molar-refractivity contribution < 1.29 is 4.79 Å². The molecule has 0 aromatic rings. The number of carbonyl (C=O) groups is 1. The lowest BCUT2D eigenvalue weighted by atomic mass is 9.68. The molecule has 1 nitrogen and oxygen atoms in total. The van der Waals surface area contributed by atoms with Gasteiger partial charge in [0.05, 0.1) is 0 Å². The first-order chi connectivity index (χ1) is 7.10. The summed E-state index contributed by atoms with van der Waals surface area (Å²) in [5, 5.41) is 0. The minimum absolute atomic E-state index is 0.355. The number of Topliss-reactive ketones (excluding diaryl/α,β-unsaturated/α-hetero) is 1. The van der Waals surface area contributed by atoms with Crippen LogP contribution in [0, 0.1) is 35.5 Å². The molecule has 3 fully saturated rings. The first-order valence-corrected chi connectivity index (χ1v) is 7.30. The predicted octanol–water partition coefficient (Wildman–Crippen LogP) is 3.13. The van der Waals surface area contributed by atoms with Gasteiger partial charge in [0.1, 0.15) is 3.23 Å². The van der Waals surface area contributed by atoms with Crippen LogP contribution in [0.4, 0.5) is 0 Å². The lowest BCUT2D eigenvalue weighted by Gasteiger charge is -2.45. The second-order valence-corrected chi connectivity index (χ2v) is 9.11. The number of halogens is 2. The second-order valence-electron chi connectivity index (χ2n) is 5.54. The third-order valence-electron chi connectivity index (χ3n) is 5.16.